The molecule has 2 aliphatic heterocycles. The Balaban J connectivity index is 1.78. The number of nitrogens with zero attached hydrogens (tertiary/aromatic N) is 3. The Morgan fingerprint density at radius 2 is 1.86 bits per heavy atom. The lowest BCUT2D eigenvalue weighted by Gasteiger charge is -2.48. The van der Waals surface area contributed by atoms with Crippen molar-refractivity contribution in [1.82, 2.24) is 14.7 Å². The zero-order valence-electron chi connectivity index (χ0n) is 19.3. The number of carbonyl (C=O) groups excluding carboxylic acids is 1. The van der Waals surface area contributed by atoms with Crippen LogP contribution in [0.15, 0.2) is 0 Å². The van der Waals surface area contributed by atoms with Crippen molar-refractivity contribution in [2.24, 2.45) is 11.3 Å². The SMILES string of the molecule is COCCN(C)CCCC(C(C)C)N1CCC2(CN(C(=O)OC(C)(C)C)C2)C1. The molecule has 2 fully saturated rings. The number of hydrogen-bond acceptors (Lipinski definition) is 5. The molecular weight excluding hydrogens is 354 g/mol. The fourth-order valence-corrected chi connectivity index (χ4v) is 4.60. The van der Waals surface area contributed by atoms with Crippen LogP contribution in [0, 0.1) is 11.3 Å². The highest BCUT2D eigenvalue weighted by molar-refractivity contribution is 5.69. The van der Waals surface area contributed by atoms with Crippen LogP contribution < -0.4 is 0 Å². The lowest BCUT2D eigenvalue weighted by Crippen LogP contribution is -2.60. The van der Waals surface area contributed by atoms with Gasteiger partial charge in [0.25, 0.3) is 0 Å². The Hall–Kier alpha value is -0.850. The largest absolute Gasteiger partial charge is 0.444 e. The molecule has 164 valence electrons. The fourth-order valence-electron chi connectivity index (χ4n) is 4.60. The predicted octanol–water partition coefficient (Wildman–Crippen LogP) is 3.31. The summed E-state index contributed by atoms with van der Waals surface area (Å²) in [6.45, 7) is 17.4. The third kappa shape index (κ3) is 6.60. The minimum atomic E-state index is -0.416. The number of methoxy groups -OCH3 is 1. The standard InChI is InChI=1S/C22H43N3O3/c1-18(2)19(9-8-11-23(6)13-14-27-7)24-12-10-22(15-24)16-25(17-22)20(26)28-21(3,4)5/h18-19H,8-17H2,1-7H3. The van der Waals surface area contributed by atoms with Crippen LogP contribution in [0.25, 0.3) is 0 Å². The smallest absolute Gasteiger partial charge is 0.410 e. The number of hydrogen-bond donors (Lipinski definition) is 0. The molecule has 1 amide bonds. The molecule has 6 nitrogen and oxygen atoms in total. The van der Waals surface area contributed by atoms with Crippen LogP contribution >= 0.6 is 0 Å². The summed E-state index contributed by atoms with van der Waals surface area (Å²) in [5.41, 5.74) is -0.125. The van der Waals surface area contributed by atoms with E-state index in [2.05, 4.69) is 30.7 Å². The van der Waals surface area contributed by atoms with Gasteiger partial charge in [0.1, 0.15) is 5.60 Å². The van der Waals surface area contributed by atoms with E-state index >= 15 is 0 Å². The number of carbonyl (C=O) groups is 1. The molecule has 0 aromatic heterocycles. The van der Waals surface area contributed by atoms with Gasteiger partial charge in [-0.05, 0) is 66.1 Å². The van der Waals surface area contributed by atoms with E-state index < -0.39 is 5.60 Å². The van der Waals surface area contributed by atoms with Gasteiger partial charge in [-0.1, -0.05) is 13.8 Å². The maximum atomic E-state index is 12.3. The minimum Gasteiger partial charge on any atom is -0.444 e. The van der Waals surface area contributed by atoms with Gasteiger partial charge < -0.3 is 19.3 Å². The van der Waals surface area contributed by atoms with E-state index in [1.807, 2.05) is 25.7 Å². The highest BCUT2D eigenvalue weighted by atomic mass is 16.6. The molecule has 2 aliphatic rings. The molecule has 6 heteroatoms. The summed E-state index contributed by atoms with van der Waals surface area (Å²) in [5, 5.41) is 0. The minimum absolute atomic E-state index is 0.156. The Morgan fingerprint density at radius 3 is 2.43 bits per heavy atom. The second kappa shape index (κ2) is 9.77. The summed E-state index contributed by atoms with van der Waals surface area (Å²) in [6, 6.07) is 0.630. The predicted molar refractivity (Wildman–Crippen MR) is 114 cm³/mol. The molecular formula is C22H43N3O3. The monoisotopic (exact) mass is 397 g/mol. The summed E-state index contributed by atoms with van der Waals surface area (Å²) >= 11 is 0. The van der Waals surface area contributed by atoms with Gasteiger partial charge in [-0.25, -0.2) is 4.79 Å². The molecule has 1 atom stereocenters. The van der Waals surface area contributed by atoms with Crippen molar-refractivity contribution in [3.05, 3.63) is 0 Å². The first kappa shape index (κ1) is 23.4. The molecule has 2 saturated heterocycles. The number of amides is 1. The Bertz CT molecular complexity index is 498. The van der Waals surface area contributed by atoms with Gasteiger partial charge in [-0.2, -0.15) is 0 Å². The zero-order chi connectivity index (χ0) is 20.9. The summed E-state index contributed by atoms with van der Waals surface area (Å²) in [5.74, 6) is 0.654. The third-order valence-corrected chi connectivity index (χ3v) is 6.13. The number of likely N-dealkylation sites (tertiary alicyclic amines) is 2. The third-order valence-electron chi connectivity index (χ3n) is 6.13. The molecule has 0 aromatic carbocycles. The van der Waals surface area contributed by atoms with Crippen molar-refractivity contribution in [3.8, 4) is 0 Å². The van der Waals surface area contributed by atoms with Crippen LogP contribution in [0.2, 0.25) is 0 Å². The first-order valence-electron chi connectivity index (χ1n) is 10.9. The van der Waals surface area contributed by atoms with E-state index in [4.69, 9.17) is 9.47 Å². The molecule has 0 bridgehead atoms. The van der Waals surface area contributed by atoms with Crippen molar-refractivity contribution < 1.29 is 14.3 Å². The highest BCUT2D eigenvalue weighted by Crippen LogP contribution is 2.41. The van der Waals surface area contributed by atoms with Crippen LogP contribution in [0.5, 0.6) is 0 Å². The van der Waals surface area contributed by atoms with Crippen LogP contribution in [0.1, 0.15) is 53.9 Å². The second-order valence-corrected chi connectivity index (χ2v) is 10.3. The quantitative estimate of drug-likeness (QED) is 0.597. The molecule has 2 rings (SSSR count). The summed E-state index contributed by atoms with van der Waals surface area (Å²) in [4.78, 5) is 19.2. The molecule has 0 radical (unpaired) electrons. The van der Waals surface area contributed by atoms with Gasteiger partial charge in [-0.15, -0.1) is 0 Å². The van der Waals surface area contributed by atoms with Crippen molar-refractivity contribution in [2.45, 2.75) is 65.5 Å². The maximum Gasteiger partial charge on any atom is 0.410 e. The molecule has 2 heterocycles. The fraction of sp³-hybridized carbons (Fsp3) is 0.955. The van der Waals surface area contributed by atoms with E-state index in [-0.39, 0.29) is 6.09 Å². The van der Waals surface area contributed by atoms with E-state index in [9.17, 15) is 4.79 Å². The summed E-state index contributed by atoms with van der Waals surface area (Å²) in [6.07, 6.45) is 3.50. The van der Waals surface area contributed by atoms with E-state index in [0.29, 0.717) is 17.4 Å². The molecule has 1 unspecified atom stereocenters. The van der Waals surface area contributed by atoms with Gasteiger partial charge >= 0.3 is 6.09 Å². The molecule has 0 aromatic rings. The lowest BCUT2D eigenvalue weighted by molar-refractivity contribution is -0.0325. The van der Waals surface area contributed by atoms with Gasteiger partial charge in [0.05, 0.1) is 6.61 Å². The molecule has 0 N–H and O–H groups in total. The molecule has 1 spiro atoms. The number of rotatable bonds is 9. The maximum absolute atomic E-state index is 12.3. The topological polar surface area (TPSA) is 45.2 Å². The first-order chi connectivity index (χ1) is 13.1. The second-order valence-electron chi connectivity index (χ2n) is 10.3. The summed E-state index contributed by atoms with van der Waals surface area (Å²) in [7, 11) is 3.93. The normalized spacial score (nSPS) is 20.8. The van der Waals surface area contributed by atoms with Gasteiger partial charge in [0, 0.05) is 44.7 Å². The Labute approximate surface area is 172 Å². The molecule has 28 heavy (non-hydrogen) atoms. The molecule has 0 aliphatic carbocycles. The number of likely N-dealkylation sites (N-methyl/N-ethyl adjacent to an activating group) is 1. The number of ether oxygens (including phenoxy) is 2. The van der Waals surface area contributed by atoms with Crippen LogP contribution in [-0.2, 0) is 9.47 Å². The average Bonchev–Trinajstić information content (AvgIpc) is 2.98. The Morgan fingerprint density at radius 1 is 1.18 bits per heavy atom. The van der Waals surface area contributed by atoms with Crippen LogP contribution in [0.3, 0.4) is 0 Å². The zero-order valence-corrected chi connectivity index (χ0v) is 19.3. The van der Waals surface area contributed by atoms with Crippen molar-refractivity contribution in [1.29, 1.82) is 0 Å². The van der Waals surface area contributed by atoms with Gasteiger partial charge in [0.15, 0.2) is 0 Å². The molecule has 0 saturated carbocycles. The van der Waals surface area contributed by atoms with Gasteiger partial charge in [-0.3, -0.25) is 4.90 Å². The van der Waals surface area contributed by atoms with E-state index in [0.717, 1.165) is 45.9 Å². The van der Waals surface area contributed by atoms with Crippen molar-refractivity contribution >= 4 is 6.09 Å². The van der Waals surface area contributed by atoms with Crippen LogP contribution in [0.4, 0.5) is 4.79 Å². The van der Waals surface area contributed by atoms with Gasteiger partial charge in [0.2, 0.25) is 0 Å². The van der Waals surface area contributed by atoms with E-state index in [1.54, 1.807) is 7.11 Å². The van der Waals surface area contributed by atoms with Crippen molar-refractivity contribution in [2.75, 3.05) is 60.0 Å². The summed E-state index contributed by atoms with van der Waals surface area (Å²) < 4.78 is 10.7. The first-order valence-corrected chi connectivity index (χ1v) is 10.9. The van der Waals surface area contributed by atoms with E-state index in [1.165, 1.54) is 19.3 Å². The Kier molecular flexibility index (Phi) is 8.17. The average molecular weight is 398 g/mol. The van der Waals surface area contributed by atoms with Crippen LogP contribution in [-0.4, -0.2) is 92.5 Å². The van der Waals surface area contributed by atoms with Crippen molar-refractivity contribution in [3.63, 3.8) is 0 Å². The lowest BCUT2D eigenvalue weighted by atomic mass is 9.79. The highest BCUT2D eigenvalue weighted by Gasteiger charge is 2.51.